The number of nitrogens with one attached hydrogen (secondary N) is 1. The lowest BCUT2D eigenvalue weighted by atomic mass is 10.1. The molecule has 0 radical (unpaired) electrons. The van der Waals surface area contributed by atoms with Gasteiger partial charge in [0.2, 0.25) is 0 Å². The van der Waals surface area contributed by atoms with E-state index in [0.717, 1.165) is 17.4 Å². The van der Waals surface area contributed by atoms with E-state index >= 15 is 0 Å². The van der Waals surface area contributed by atoms with Crippen molar-refractivity contribution >= 4 is 45.6 Å². The van der Waals surface area contributed by atoms with Crippen LogP contribution in [0.25, 0.3) is 11.3 Å². The van der Waals surface area contributed by atoms with E-state index in [4.69, 9.17) is 16.3 Å². The van der Waals surface area contributed by atoms with Crippen molar-refractivity contribution in [2.75, 3.05) is 11.9 Å². The molecule has 0 bridgehead atoms. The third-order valence-corrected chi connectivity index (χ3v) is 5.04. The average molecular weight is 432 g/mol. The van der Waals surface area contributed by atoms with E-state index in [1.807, 2.05) is 6.07 Å². The molecule has 1 N–H and O–H groups in total. The third-order valence-electron chi connectivity index (χ3n) is 3.76. The lowest BCUT2D eigenvalue weighted by Gasteiger charge is -2.04. The molecule has 0 fully saturated rings. The summed E-state index contributed by atoms with van der Waals surface area (Å²) in [6.07, 6.45) is 0. The number of esters is 1. The van der Waals surface area contributed by atoms with Gasteiger partial charge in [0, 0.05) is 17.7 Å². The number of hydrogen-bond donors (Lipinski definition) is 1. The summed E-state index contributed by atoms with van der Waals surface area (Å²) in [6.45, 7) is 1.88. The van der Waals surface area contributed by atoms with Crippen LogP contribution < -0.4 is 5.32 Å². The van der Waals surface area contributed by atoms with Gasteiger partial charge < -0.3 is 4.74 Å². The van der Waals surface area contributed by atoms with Gasteiger partial charge in [-0.2, -0.15) is 0 Å². The number of benzene rings is 2. The standard InChI is InChI=1S/C19H14ClN3O5S/c1-2-28-18(25)16-15(11-6-4-3-5-7-11)21-19(29-16)22-17(24)13-10-12(23(26)27)8-9-14(13)20/h3-10H,2H2,1H3,(H,21,22,24). The Balaban J connectivity index is 1.96. The van der Waals surface area contributed by atoms with Gasteiger partial charge in [0.15, 0.2) is 5.13 Å². The highest BCUT2D eigenvalue weighted by Crippen LogP contribution is 2.32. The largest absolute Gasteiger partial charge is 0.462 e. The first-order valence-corrected chi connectivity index (χ1v) is 9.58. The number of nitrogens with zero attached hydrogens (tertiary/aromatic N) is 2. The molecule has 1 aromatic heterocycles. The molecular formula is C19H14ClN3O5S. The maximum absolute atomic E-state index is 12.6. The zero-order valence-corrected chi connectivity index (χ0v) is 16.6. The van der Waals surface area contributed by atoms with Gasteiger partial charge >= 0.3 is 5.97 Å². The lowest BCUT2D eigenvalue weighted by Crippen LogP contribution is -2.12. The van der Waals surface area contributed by atoms with Crippen LogP contribution in [-0.2, 0) is 4.74 Å². The Morgan fingerprint density at radius 2 is 1.97 bits per heavy atom. The number of hydrogen-bond acceptors (Lipinski definition) is 7. The molecule has 0 spiro atoms. The van der Waals surface area contributed by atoms with Crippen molar-refractivity contribution in [1.82, 2.24) is 4.98 Å². The number of non-ortho nitro benzene ring substituents is 1. The number of anilines is 1. The number of carbonyl (C=O) groups excluding carboxylic acids is 2. The van der Waals surface area contributed by atoms with Gasteiger partial charge in [0.05, 0.1) is 27.8 Å². The van der Waals surface area contributed by atoms with Crippen LogP contribution in [0.1, 0.15) is 27.0 Å². The monoisotopic (exact) mass is 431 g/mol. The summed E-state index contributed by atoms with van der Waals surface area (Å²) in [7, 11) is 0. The van der Waals surface area contributed by atoms with Crippen LogP contribution in [0, 0.1) is 10.1 Å². The predicted octanol–water partition coefficient (Wildman–Crippen LogP) is 4.80. The molecule has 0 saturated carbocycles. The molecule has 1 heterocycles. The molecule has 0 unspecified atom stereocenters. The molecule has 3 aromatic rings. The maximum Gasteiger partial charge on any atom is 0.350 e. The Labute approximate surface area is 174 Å². The Hall–Kier alpha value is -3.30. The minimum absolute atomic E-state index is 0.0542. The number of nitro groups is 1. The van der Waals surface area contributed by atoms with Gasteiger partial charge in [-0.3, -0.25) is 20.2 Å². The zero-order valence-electron chi connectivity index (χ0n) is 15.0. The van der Waals surface area contributed by atoms with Gasteiger partial charge in [0.25, 0.3) is 11.6 Å². The van der Waals surface area contributed by atoms with Crippen molar-refractivity contribution in [3.63, 3.8) is 0 Å². The van der Waals surface area contributed by atoms with Crippen LogP contribution in [-0.4, -0.2) is 28.4 Å². The quantitative estimate of drug-likeness (QED) is 0.341. The van der Waals surface area contributed by atoms with Gasteiger partial charge in [-0.1, -0.05) is 53.3 Å². The van der Waals surface area contributed by atoms with E-state index in [-0.39, 0.29) is 32.9 Å². The van der Waals surface area contributed by atoms with Gasteiger partial charge in [-0.05, 0) is 13.0 Å². The van der Waals surface area contributed by atoms with Crippen LogP contribution >= 0.6 is 22.9 Å². The minimum Gasteiger partial charge on any atom is -0.462 e. The molecule has 0 atom stereocenters. The first kappa shape index (κ1) is 20.4. The second kappa shape index (κ2) is 8.80. The average Bonchev–Trinajstić information content (AvgIpc) is 3.13. The molecule has 10 heteroatoms. The highest BCUT2D eigenvalue weighted by molar-refractivity contribution is 7.18. The number of amides is 1. The minimum atomic E-state index is -0.678. The zero-order chi connectivity index (χ0) is 21.0. The van der Waals surface area contributed by atoms with Gasteiger partial charge in [-0.15, -0.1) is 0 Å². The molecule has 1 amide bonds. The Kier molecular flexibility index (Phi) is 6.20. The molecule has 0 aliphatic rings. The van der Waals surface area contributed by atoms with Crippen molar-refractivity contribution in [2.24, 2.45) is 0 Å². The number of ether oxygens (including phenoxy) is 1. The lowest BCUT2D eigenvalue weighted by molar-refractivity contribution is -0.384. The molecule has 0 aliphatic carbocycles. The van der Waals surface area contributed by atoms with Gasteiger partial charge in [0.1, 0.15) is 4.88 Å². The van der Waals surface area contributed by atoms with Crippen LogP contribution in [0.3, 0.4) is 0 Å². The fraction of sp³-hybridized carbons (Fsp3) is 0.105. The second-order valence-corrected chi connectivity index (χ2v) is 7.06. The summed E-state index contributed by atoms with van der Waals surface area (Å²) < 4.78 is 5.08. The topological polar surface area (TPSA) is 111 Å². The fourth-order valence-electron chi connectivity index (χ4n) is 2.47. The molecule has 2 aromatic carbocycles. The Morgan fingerprint density at radius 1 is 1.24 bits per heavy atom. The second-order valence-electron chi connectivity index (χ2n) is 5.66. The van der Waals surface area contributed by atoms with Crippen molar-refractivity contribution in [3.8, 4) is 11.3 Å². The predicted molar refractivity (Wildman–Crippen MR) is 110 cm³/mol. The van der Waals surface area contributed by atoms with E-state index in [2.05, 4.69) is 10.3 Å². The van der Waals surface area contributed by atoms with Crippen molar-refractivity contribution in [3.05, 3.63) is 74.1 Å². The van der Waals surface area contributed by atoms with Gasteiger partial charge in [-0.25, -0.2) is 9.78 Å². The van der Waals surface area contributed by atoms with Crippen molar-refractivity contribution in [1.29, 1.82) is 0 Å². The molecule has 0 aliphatic heterocycles. The smallest absolute Gasteiger partial charge is 0.350 e. The van der Waals surface area contributed by atoms with Crippen molar-refractivity contribution in [2.45, 2.75) is 6.92 Å². The van der Waals surface area contributed by atoms with E-state index < -0.39 is 16.8 Å². The fourth-order valence-corrected chi connectivity index (χ4v) is 3.55. The maximum atomic E-state index is 12.6. The summed E-state index contributed by atoms with van der Waals surface area (Å²) >= 11 is 6.96. The van der Waals surface area contributed by atoms with Crippen molar-refractivity contribution < 1.29 is 19.2 Å². The van der Waals surface area contributed by atoms with Crippen LogP contribution in [0.15, 0.2) is 48.5 Å². The van der Waals surface area contributed by atoms with E-state index in [9.17, 15) is 19.7 Å². The number of thiazole rings is 1. The number of carbonyl (C=O) groups is 2. The first-order valence-electron chi connectivity index (χ1n) is 8.39. The SMILES string of the molecule is CCOC(=O)c1sc(NC(=O)c2cc([N+](=O)[O-])ccc2Cl)nc1-c1ccccc1. The number of nitro benzene ring substituents is 1. The summed E-state index contributed by atoms with van der Waals surface area (Å²) in [4.78, 5) is 39.8. The number of aromatic nitrogens is 1. The highest BCUT2D eigenvalue weighted by atomic mass is 35.5. The van der Waals surface area contributed by atoms with Crippen LogP contribution in [0.5, 0.6) is 0 Å². The third kappa shape index (κ3) is 4.58. The molecule has 0 saturated heterocycles. The summed E-state index contributed by atoms with van der Waals surface area (Å²) in [5, 5.41) is 13.7. The van der Waals surface area contributed by atoms with E-state index in [0.29, 0.717) is 11.3 Å². The highest BCUT2D eigenvalue weighted by Gasteiger charge is 2.23. The Morgan fingerprint density at radius 3 is 2.62 bits per heavy atom. The normalized spacial score (nSPS) is 10.4. The summed E-state index contributed by atoms with van der Waals surface area (Å²) in [5.74, 6) is -1.24. The van der Waals surface area contributed by atoms with E-state index in [1.54, 1.807) is 31.2 Å². The number of halogens is 1. The molecule has 148 valence electrons. The molecule has 8 nitrogen and oxygen atoms in total. The molecule has 29 heavy (non-hydrogen) atoms. The summed E-state index contributed by atoms with van der Waals surface area (Å²) in [6, 6.07) is 12.5. The number of rotatable bonds is 6. The summed E-state index contributed by atoms with van der Waals surface area (Å²) in [5.41, 5.74) is 0.709. The molecule has 3 rings (SSSR count). The van der Waals surface area contributed by atoms with E-state index in [1.165, 1.54) is 12.1 Å². The molecular weight excluding hydrogens is 418 g/mol. The Bertz CT molecular complexity index is 1080. The first-order chi connectivity index (χ1) is 13.9. The van der Waals surface area contributed by atoms with Crippen LogP contribution in [0.4, 0.5) is 10.8 Å². The van der Waals surface area contributed by atoms with Crippen LogP contribution in [0.2, 0.25) is 5.02 Å².